The van der Waals surface area contributed by atoms with Gasteiger partial charge in [0.05, 0.1) is 23.1 Å². The molecule has 1 aliphatic heterocycles. The van der Waals surface area contributed by atoms with Crippen molar-refractivity contribution in [2.24, 2.45) is 5.92 Å². The van der Waals surface area contributed by atoms with Crippen LogP contribution in [0, 0.1) is 5.92 Å². The summed E-state index contributed by atoms with van der Waals surface area (Å²) in [5, 5.41) is 8.22. The molecule has 1 aliphatic carbocycles. The van der Waals surface area contributed by atoms with E-state index < -0.39 is 0 Å². The first-order valence-corrected chi connectivity index (χ1v) is 9.88. The van der Waals surface area contributed by atoms with Gasteiger partial charge in [-0.2, -0.15) is 5.10 Å². The van der Waals surface area contributed by atoms with E-state index in [0.717, 1.165) is 36.9 Å². The topological polar surface area (TPSA) is 50.2 Å². The lowest BCUT2D eigenvalue weighted by atomic mass is 10.1. The molecule has 0 spiro atoms. The van der Waals surface area contributed by atoms with Gasteiger partial charge in [-0.3, -0.25) is 4.79 Å². The highest BCUT2D eigenvalue weighted by molar-refractivity contribution is 6.30. The second-order valence-corrected chi connectivity index (χ2v) is 7.78. The predicted octanol–water partition coefficient (Wildman–Crippen LogP) is 3.30. The Kier molecular flexibility index (Phi) is 5.00. The van der Waals surface area contributed by atoms with Crippen molar-refractivity contribution in [3.8, 4) is 5.69 Å². The summed E-state index contributed by atoms with van der Waals surface area (Å²) in [6, 6.07) is 8.36. The van der Waals surface area contributed by atoms with E-state index in [9.17, 15) is 4.79 Å². The van der Waals surface area contributed by atoms with Gasteiger partial charge in [-0.15, -0.1) is 0 Å². The quantitative estimate of drug-likeness (QED) is 0.846. The average Bonchev–Trinajstić information content (AvgIpc) is 3.23. The van der Waals surface area contributed by atoms with Crippen molar-refractivity contribution in [2.45, 2.75) is 38.6 Å². The molecular formula is C20H25ClN4O. The van der Waals surface area contributed by atoms with Crippen LogP contribution < -0.4 is 5.32 Å². The van der Waals surface area contributed by atoms with Gasteiger partial charge >= 0.3 is 0 Å². The molecule has 1 aromatic heterocycles. The van der Waals surface area contributed by atoms with Gasteiger partial charge in [-0.25, -0.2) is 4.68 Å². The van der Waals surface area contributed by atoms with Crippen molar-refractivity contribution >= 4 is 17.5 Å². The number of carbonyl (C=O) groups is 1. The highest BCUT2D eigenvalue weighted by Crippen LogP contribution is 2.31. The van der Waals surface area contributed by atoms with Crippen LogP contribution in [0.5, 0.6) is 0 Å². The largest absolute Gasteiger partial charge is 0.352 e. The highest BCUT2D eigenvalue weighted by atomic mass is 35.5. The predicted molar refractivity (Wildman–Crippen MR) is 103 cm³/mol. The monoisotopic (exact) mass is 372 g/mol. The fourth-order valence-electron chi connectivity index (χ4n) is 3.87. The minimum atomic E-state index is -0.0278. The molecule has 138 valence electrons. The molecule has 1 saturated heterocycles. The Bertz CT molecular complexity index is 799. The summed E-state index contributed by atoms with van der Waals surface area (Å²) >= 11 is 6.10. The minimum absolute atomic E-state index is 0.0278. The molecule has 5 nitrogen and oxygen atoms in total. The lowest BCUT2D eigenvalue weighted by Crippen LogP contribution is -2.31. The number of nitrogens with one attached hydrogen (secondary N) is 1. The Morgan fingerprint density at radius 1 is 1.35 bits per heavy atom. The molecule has 1 unspecified atom stereocenters. The van der Waals surface area contributed by atoms with Crippen molar-refractivity contribution in [3.63, 3.8) is 0 Å². The molecule has 1 saturated carbocycles. The molecule has 26 heavy (non-hydrogen) atoms. The number of benzene rings is 1. The Labute approximate surface area is 159 Å². The van der Waals surface area contributed by atoms with E-state index in [1.165, 1.54) is 25.8 Å². The van der Waals surface area contributed by atoms with Crippen LogP contribution in [0.15, 0.2) is 30.5 Å². The van der Waals surface area contributed by atoms with Gasteiger partial charge in [0.1, 0.15) is 0 Å². The second-order valence-electron chi connectivity index (χ2n) is 7.34. The number of aromatic nitrogens is 2. The molecule has 4 rings (SSSR count). The van der Waals surface area contributed by atoms with Crippen molar-refractivity contribution < 1.29 is 4.79 Å². The Morgan fingerprint density at radius 3 is 2.92 bits per heavy atom. The molecule has 2 aliphatic rings. The zero-order chi connectivity index (χ0) is 18.1. The van der Waals surface area contributed by atoms with Gasteiger partial charge in [-0.05, 0) is 56.3 Å². The molecule has 1 atom stereocenters. The van der Waals surface area contributed by atoms with Crippen molar-refractivity contribution in [3.05, 3.63) is 46.7 Å². The third kappa shape index (κ3) is 3.64. The molecule has 2 aromatic rings. The van der Waals surface area contributed by atoms with E-state index in [1.807, 2.05) is 35.9 Å². The number of carbonyl (C=O) groups excluding carboxylic acids is 1. The molecule has 2 heterocycles. The van der Waals surface area contributed by atoms with Crippen molar-refractivity contribution in [1.29, 1.82) is 0 Å². The van der Waals surface area contributed by atoms with Crippen LogP contribution in [-0.2, 0) is 6.42 Å². The molecular weight excluding hydrogens is 348 g/mol. The van der Waals surface area contributed by atoms with Crippen molar-refractivity contribution in [1.82, 2.24) is 20.0 Å². The minimum Gasteiger partial charge on any atom is -0.352 e. The Hall–Kier alpha value is -1.85. The van der Waals surface area contributed by atoms with Gasteiger partial charge in [0.25, 0.3) is 5.91 Å². The number of halogens is 1. The summed E-state index contributed by atoms with van der Waals surface area (Å²) in [7, 11) is 0. The maximum absolute atomic E-state index is 12.7. The number of nitrogens with zero attached hydrogens (tertiary/aromatic N) is 3. The number of hydrogen-bond donors (Lipinski definition) is 1. The third-order valence-corrected chi connectivity index (χ3v) is 5.67. The first-order chi connectivity index (χ1) is 12.7. The smallest absolute Gasteiger partial charge is 0.254 e. The molecule has 1 N–H and O–H groups in total. The summed E-state index contributed by atoms with van der Waals surface area (Å²) in [6.45, 7) is 5.08. The zero-order valence-corrected chi connectivity index (χ0v) is 15.9. The van der Waals surface area contributed by atoms with Crippen LogP contribution in [-0.4, -0.2) is 46.3 Å². The van der Waals surface area contributed by atoms with E-state index in [2.05, 4.69) is 15.3 Å². The van der Waals surface area contributed by atoms with Crippen LogP contribution in [0.3, 0.4) is 0 Å². The standard InChI is InChI=1S/C20H25ClN4O/c1-2-19-18(12-23-25(19)17-5-3-4-15(21)10-17)20(26)22-11-14-8-9-24(13-14)16-6-7-16/h3-5,10,12,14,16H,2,6-9,11,13H2,1H3,(H,22,26). The van der Waals surface area contributed by atoms with E-state index >= 15 is 0 Å². The highest BCUT2D eigenvalue weighted by Gasteiger charge is 2.34. The van der Waals surface area contributed by atoms with E-state index in [-0.39, 0.29) is 5.91 Å². The first kappa shape index (κ1) is 17.6. The summed E-state index contributed by atoms with van der Waals surface area (Å²) < 4.78 is 1.81. The van der Waals surface area contributed by atoms with Crippen molar-refractivity contribution in [2.75, 3.05) is 19.6 Å². The molecule has 6 heteroatoms. The number of hydrogen-bond acceptors (Lipinski definition) is 3. The van der Waals surface area contributed by atoms with Crippen LogP contribution in [0.2, 0.25) is 5.02 Å². The second kappa shape index (κ2) is 7.41. The van der Waals surface area contributed by atoms with E-state index in [0.29, 0.717) is 16.5 Å². The number of likely N-dealkylation sites (tertiary alicyclic amines) is 1. The zero-order valence-electron chi connectivity index (χ0n) is 15.1. The fraction of sp³-hybridized carbons (Fsp3) is 0.500. The number of rotatable bonds is 6. The molecule has 1 aromatic carbocycles. The van der Waals surface area contributed by atoms with Gasteiger partial charge in [-0.1, -0.05) is 24.6 Å². The lowest BCUT2D eigenvalue weighted by Gasteiger charge is -2.15. The van der Waals surface area contributed by atoms with E-state index in [1.54, 1.807) is 6.20 Å². The maximum Gasteiger partial charge on any atom is 0.254 e. The summed E-state index contributed by atoms with van der Waals surface area (Å²) in [5.41, 5.74) is 2.45. The average molecular weight is 373 g/mol. The number of amides is 1. The van der Waals surface area contributed by atoms with Gasteiger partial charge < -0.3 is 10.2 Å². The van der Waals surface area contributed by atoms with Crippen LogP contribution >= 0.6 is 11.6 Å². The molecule has 0 radical (unpaired) electrons. The summed E-state index contributed by atoms with van der Waals surface area (Å²) in [4.78, 5) is 15.3. The van der Waals surface area contributed by atoms with Crippen LogP contribution in [0.1, 0.15) is 42.2 Å². The first-order valence-electron chi connectivity index (χ1n) is 9.50. The van der Waals surface area contributed by atoms with Gasteiger partial charge in [0.15, 0.2) is 0 Å². The van der Waals surface area contributed by atoms with Gasteiger partial charge in [0, 0.05) is 24.2 Å². The maximum atomic E-state index is 12.7. The van der Waals surface area contributed by atoms with Gasteiger partial charge in [0.2, 0.25) is 0 Å². The molecule has 0 bridgehead atoms. The van der Waals surface area contributed by atoms with Crippen LogP contribution in [0.4, 0.5) is 0 Å². The van der Waals surface area contributed by atoms with Crippen LogP contribution in [0.25, 0.3) is 5.69 Å². The summed E-state index contributed by atoms with van der Waals surface area (Å²) in [5.74, 6) is 0.535. The normalized spacial score (nSPS) is 20.5. The lowest BCUT2D eigenvalue weighted by molar-refractivity contribution is 0.0946. The summed E-state index contributed by atoms with van der Waals surface area (Å²) in [6.07, 6.45) is 6.27. The fourth-order valence-corrected chi connectivity index (χ4v) is 4.05. The Morgan fingerprint density at radius 2 is 2.19 bits per heavy atom. The molecule has 2 fully saturated rings. The Balaban J connectivity index is 1.43. The third-order valence-electron chi connectivity index (χ3n) is 5.43. The van der Waals surface area contributed by atoms with E-state index in [4.69, 9.17) is 11.6 Å². The SMILES string of the molecule is CCc1c(C(=O)NCC2CCN(C3CC3)C2)cnn1-c1cccc(Cl)c1. The molecule has 1 amide bonds.